The van der Waals surface area contributed by atoms with Gasteiger partial charge in [0.15, 0.2) is 0 Å². The summed E-state index contributed by atoms with van der Waals surface area (Å²) in [6.07, 6.45) is 2.26. The van der Waals surface area contributed by atoms with Crippen LogP contribution in [0.4, 0.5) is 5.69 Å². The molecule has 1 aliphatic rings. The zero-order valence-electron chi connectivity index (χ0n) is 9.79. The molecule has 0 saturated heterocycles. The van der Waals surface area contributed by atoms with Crippen molar-refractivity contribution in [2.24, 2.45) is 0 Å². The van der Waals surface area contributed by atoms with Crippen LogP contribution in [0.15, 0.2) is 42.5 Å². The second-order valence-electron chi connectivity index (χ2n) is 4.56. The molecule has 0 bridgehead atoms. The topological polar surface area (TPSA) is 12.0 Å². The van der Waals surface area contributed by atoms with Gasteiger partial charge >= 0.3 is 0 Å². The second kappa shape index (κ2) is 4.83. The normalized spacial score (nSPS) is 17.6. The predicted molar refractivity (Wildman–Crippen MR) is 77.6 cm³/mol. The number of rotatable bonds is 2. The molecule has 3 heteroatoms. The number of halogens is 2. The average molecular weight is 278 g/mol. The highest BCUT2D eigenvalue weighted by Gasteiger charge is 2.21. The average Bonchev–Trinajstić information content (AvgIpc) is 2.78. The smallest absolute Gasteiger partial charge is 0.0612 e. The number of nitrogens with one attached hydrogen (secondary N) is 1. The van der Waals surface area contributed by atoms with Gasteiger partial charge in [0.05, 0.1) is 16.1 Å². The summed E-state index contributed by atoms with van der Waals surface area (Å²) in [4.78, 5) is 0. The van der Waals surface area contributed by atoms with Crippen LogP contribution in [0.2, 0.25) is 10.0 Å². The van der Waals surface area contributed by atoms with Crippen LogP contribution in [-0.4, -0.2) is 0 Å². The molecule has 0 amide bonds. The maximum absolute atomic E-state index is 6.03. The minimum absolute atomic E-state index is 0.374. The minimum atomic E-state index is 0.374. The van der Waals surface area contributed by atoms with E-state index in [-0.39, 0.29) is 0 Å². The molecule has 0 aliphatic heterocycles. The van der Waals surface area contributed by atoms with E-state index in [2.05, 4.69) is 29.6 Å². The largest absolute Gasteiger partial charge is 0.378 e. The van der Waals surface area contributed by atoms with Crippen molar-refractivity contribution in [1.29, 1.82) is 0 Å². The van der Waals surface area contributed by atoms with E-state index in [1.54, 1.807) is 0 Å². The van der Waals surface area contributed by atoms with Gasteiger partial charge in [-0.25, -0.2) is 0 Å². The Bertz CT molecular complexity index is 580. The monoisotopic (exact) mass is 277 g/mol. The standard InChI is InChI=1S/C15H13Cl2N/c16-13-7-6-11(9-14(13)17)18-15-8-5-10-3-1-2-4-12(10)15/h1-4,6-7,9,15,18H,5,8H2. The van der Waals surface area contributed by atoms with Crippen molar-refractivity contribution in [2.75, 3.05) is 5.32 Å². The number of benzene rings is 2. The zero-order chi connectivity index (χ0) is 12.5. The maximum Gasteiger partial charge on any atom is 0.0612 e. The molecule has 0 aromatic heterocycles. The summed E-state index contributed by atoms with van der Waals surface area (Å²) in [5.74, 6) is 0. The summed E-state index contributed by atoms with van der Waals surface area (Å²) in [5.41, 5.74) is 3.85. The molecule has 1 N–H and O–H groups in total. The van der Waals surface area contributed by atoms with Crippen LogP contribution in [0.1, 0.15) is 23.6 Å². The lowest BCUT2D eigenvalue weighted by atomic mass is 10.1. The number of anilines is 1. The molecule has 1 aliphatic carbocycles. The first-order valence-electron chi connectivity index (χ1n) is 6.03. The molecular weight excluding hydrogens is 265 g/mol. The quantitative estimate of drug-likeness (QED) is 0.806. The van der Waals surface area contributed by atoms with Crippen molar-refractivity contribution in [3.8, 4) is 0 Å². The molecule has 3 rings (SSSR count). The van der Waals surface area contributed by atoms with Gasteiger partial charge in [0, 0.05) is 5.69 Å². The van der Waals surface area contributed by atoms with Crippen LogP contribution in [0, 0.1) is 0 Å². The Hall–Kier alpha value is -1.18. The lowest BCUT2D eigenvalue weighted by molar-refractivity contribution is 0.762. The van der Waals surface area contributed by atoms with Crippen LogP contribution in [0.5, 0.6) is 0 Å². The molecule has 0 spiro atoms. The number of fused-ring (bicyclic) bond motifs is 1. The summed E-state index contributed by atoms with van der Waals surface area (Å²) in [7, 11) is 0. The summed E-state index contributed by atoms with van der Waals surface area (Å²) in [6, 6.07) is 14.6. The van der Waals surface area contributed by atoms with Crippen molar-refractivity contribution < 1.29 is 0 Å². The molecule has 2 aromatic rings. The van der Waals surface area contributed by atoms with E-state index in [0.29, 0.717) is 16.1 Å². The van der Waals surface area contributed by atoms with E-state index >= 15 is 0 Å². The van der Waals surface area contributed by atoms with E-state index in [4.69, 9.17) is 23.2 Å². The van der Waals surface area contributed by atoms with Gasteiger partial charge in [-0.1, -0.05) is 47.5 Å². The third-order valence-corrected chi connectivity index (χ3v) is 4.13. The number of hydrogen-bond acceptors (Lipinski definition) is 1. The Morgan fingerprint density at radius 1 is 1.00 bits per heavy atom. The fraction of sp³-hybridized carbons (Fsp3) is 0.200. The Kier molecular flexibility index (Phi) is 3.19. The van der Waals surface area contributed by atoms with Crippen LogP contribution in [-0.2, 0) is 6.42 Å². The number of hydrogen-bond donors (Lipinski definition) is 1. The van der Waals surface area contributed by atoms with Crippen LogP contribution < -0.4 is 5.32 Å². The van der Waals surface area contributed by atoms with Gasteiger partial charge in [0.25, 0.3) is 0 Å². The third-order valence-electron chi connectivity index (χ3n) is 3.39. The first-order valence-corrected chi connectivity index (χ1v) is 6.79. The molecule has 0 radical (unpaired) electrons. The highest BCUT2D eigenvalue weighted by molar-refractivity contribution is 6.42. The Morgan fingerprint density at radius 3 is 2.67 bits per heavy atom. The summed E-state index contributed by atoms with van der Waals surface area (Å²) >= 11 is 11.9. The van der Waals surface area contributed by atoms with Crippen LogP contribution >= 0.6 is 23.2 Å². The Morgan fingerprint density at radius 2 is 1.83 bits per heavy atom. The molecule has 0 fully saturated rings. The van der Waals surface area contributed by atoms with E-state index in [1.165, 1.54) is 11.1 Å². The lowest BCUT2D eigenvalue weighted by Gasteiger charge is -2.16. The van der Waals surface area contributed by atoms with Crippen molar-refractivity contribution in [2.45, 2.75) is 18.9 Å². The zero-order valence-corrected chi connectivity index (χ0v) is 11.3. The molecule has 0 heterocycles. The van der Waals surface area contributed by atoms with E-state index < -0.39 is 0 Å². The van der Waals surface area contributed by atoms with E-state index in [1.807, 2.05) is 18.2 Å². The van der Waals surface area contributed by atoms with Crippen molar-refractivity contribution in [3.63, 3.8) is 0 Å². The van der Waals surface area contributed by atoms with Gasteiger partial charge in [-0.3, -0.25) is 0 Å². The Labute approximate surface area is 117 Å². The molecule has 1 atom stereocenters. The van der Waals surface area contributed by atoms with Gasteiger partial charge in [0.1, 0.15) is 0 Å². The molecule has 92 valence electrons. The SMILES string of the molecule is Clc1ccc(NC2CCc3ccccc32)cc1Cl. The molecule has 1 nitrogen and oxygen atoms in total. The lowest BCUT2D eigenvalue weighted by Crippen LogP contribution is -2.06. The van der Waals surface area contributed by atoms with Crippen LogP contribution in [0.25, 0.3) is 0 Å². The van der Waals surface area contributed by atoms with Gasteiger partial charge in [0.2, 0.25) is 0 Å². The predicted octanol–water partition coefficient (Wildman–Crippen LogP) is 5.09. The summed E-state index contributed by atoms with van der Waals surface area (Å²) < 4.78 is 0. The fourth-order valence-electron chi connectivity index (χ4n) is 2.49. The second-order valence-corrected chi connectivity index (χ2v) is 5.38. The summed E-state index contributed by atoms with van der Waals surface area (Å²) in [5, 5.41) is 4.70. The maximum atomic E-state index is 6.03. The Balaban J connectivity index is 1.84. The minimum Gasteiger partial charge on any atom is -0.378 e. The third kappa shape index (κ3) is 2.21. The van der Waals surface area contributed by atoms with E-state index in [0.717, 1.165) is 18.5 Å². The molecule has 1 unspecified atom stereocenters. The van der Waals surface area contributed by atoms with Crippen LogP contribution in [0.3, 0.4) is 0 Å². The first kappa shape index (κ1) is 11.9. The van der Waals surface area contributed by atoms with Gasteiger partial charge in [-0.15, -0.1) is 0 Å². The molecule has 18 heavy (non-hydrogen) atoms. The van der Waals surface area contributed by atoms with Crippen molar-refractivity contribution in [1.82, 2.24) is 0 Å². The van der Waals surface area contributed by atoms with Gasteiger partial charge in [-0.05, 0) is 42.2 Å². The molecule has 0 saturated carbocycles. The van der Waals surface area contributed by atoms with Gasteiger partial charge < -0.3 is 5.32 Å². The highest BCUT2D eigenvalue weighted by Crippen LogP contribution is 2.34. The first-order chi connectivity index (χ1) is 8.74. The van der Waals surface area contributed by atoms with Gasteiger partial charge in [-0.2, -0.15) is 0 Å². The number of aryl methyl sites for hydroxylation is 1. The molecule has 2 aromatic carbocycles. The van der Waals surface area contributed by atoms with Crippen molar-refractivity contribution in [3.05, 3.63) is 63.6 Å². The van der Waals surface area contributed by atoms with Crippen molar-refractivity contribution >= 4 is 28.9 Å². The fourth-order valence-corrected chi connectivity index (χ4v) is 2.79. The van der Waals surface area contributed by atoms with E-state index in [9.17, 15) is 0 Å². The molecular formula is C15H13Cl2N. The highest BCUT2D eigenvalue weighted by atomic mass is 35.5. The summed E-state index contributed by atoms with van der Waals surface area (Å²) in [6.45, 7) is 0.